The van der Waals surface area contributed by atoms with Gasteiger partial charge in [0.1, 0.15) is 6.07 Å². The lowest BCUT2D eigenvalue weighted by atomic mass is 10.2. The Labute approximate surface area is 155 Å². The first kappa shape index (κ1) is 18.6. The highest BCUT2D eigenvalue weighted by Gasteiger charge is 2.12. The Morgan fingerprint density at radius 2 is 1.83 bits per heavy atom. The van der Waals surface area contributed by atoms with E-state index in [4.69, 9.17) is 40.1 Å². The molecule has 2 rings (SSSR count). The van der Waals surface area contributed by atoms with E-state index in [0.29, 0.717) is 32.9 Å². The van der Waals surface area contributed by atoms with Crippen LogP contribution in [-0.4, -0.2) is 24.4 Å². The van der Waals surface area contributed by atoms with Crippen molar-refractivity contribution in [3.8, 4) is 6.07 Å². The quantitative estimate of drug-likeness (QED) is 0.823. The van der Waals surface area contributed by atoms with Gasteiger partial charge in [-0.2, -0.15) is 5.26 Å². The molecule has 0 aliphatic rings. The highest BCUT2D eigenvalue weighted by atomic mass is 35.5. The molecule has 0 spiro atoms. The van der Waals surface area contributed by atoms with Crippen molar-refractivity contribution in [3.63, 3.8) is 0 Å². The lowest BCUT2D eigenvalue weighted by Gasteiger charge is -2.17. The number of nitrogens with zero attached hydrogens (tertiary/aromatic N) is 2. The van der Waals surface area contributed by atoms with Crippen molar-refractivity contribution in [2.45, 2.75) is 6.54 Å². The van der Waals surface area contributed by atoms with Crippen LogP contribution in [0, 0.1) is 11.3 Å². The summed E-state index contributed by atoms with van der Waals surface area (Å²) in [7, 11) is 1.80. The van der Waals surface area contributed by atoms with Gasteiger partial charge in [-0.05, 0) is 42.9 Å². The van der Waals surface area contributed by atoms with Crippen LogP contribution in [0.3, 0.4) is 0 Å². The van der Waals surface area contributed by atoms with Crippen molar-refractivity contribution in [2.75, 3.05) is 18.9 Å². The van der Waals surface area contributed by atoms with E-state index in [-0.39, 0.29) is 12.5 Å². The van der Waals surface area contributed by atoms with Crippen molar-refractivity contribution in [2.24, 2.45) is 0 Å². The van der Waals surface area contributed by atoms with Gasteiger partial charge in [-0.25, -0.2) is 0 Å². The summed E-state index contributed by atoms with van der Waals surface area (Å²) in [6.45, 7) is 0.625. The Bertz CT molecular complexity index is 802. The van der Waals surface area contributed by atoms with Crippen molar-refractivity contribution < 1.29 is 4.79 Å². The molecule has 7 heteroatoms. The molecule has 4 nitrogen and oxygen atoms in total. The first-order valence-electron chi connectivity index (χ1n) is 7.01. The van der Waals surface area contributed by atoms with Crippen LogP contribution in [-0.2, 0) is 11.3 Å². The zero-order valence-electron chi connectivity index (χ0n) is 12.8. The molecule has 1 amide bonds. The third kappa shape index (κ3) is 5.12. The number of hydrogen-bond donors (Lipinski definition) is 1. The van der Waals surface area contributed by atoms with Crippen LogP contribution in [0.4, 0.5) is 5.69 Å². The van der Waals surface area contributed by atoms with Crippen LogP contribution in [0.5, 0.6) is 0 Å². The number of nitriles is 1. The summed E-state index contributed by atoms with van der Waals surface area (Å²) in [5, 5.41) is 13.3. The average Bonchev–Trinajstić information content (AvgIpc) is 2.50. The Hall–Kier alpha value is -1.77. The molecule has 0 saturated carbocycles. The van der Waals surface area contributed by atoms with Crippen molar-refractivity contribution >= 4 is 46.4 Å². The summed E-state index contributed by atoms with van der Waals surface area (Å²) >= 11 is 17.9. The number of nitrogens with one attached hydrogen (secondary N) is 1. The highest BCUT2D eigenvalue weighted by molar-refractivity contribution is 6.35. The van der Waals surface area contributed by atoms with Gasteiger partial charge in [0, 0.05) is 21.6 Å². The molecule has 0 unspecified atom stereocenters. The van der Waals surface area contributed by atoms with Gasteiger partial charge in [0.05, 0.1) is 17.8 Å². The summed E-state index contributed by atoms with van der Waals surface area (Å²) in [6, 6.07) is 12.0. The van der Waals surface area contributed by atoms with E-state index in [1.54, 1.807) is 42.3 Å². The maximum Gasteiger partial charge on any atom is 0.238 e. The lowest BCUT2D eigenvalue weighted by molar-refractivity contribution is -0.117. The summed E-state index contributed by atoms with van der Waals surface area (Å²) < 4.78 is 0. The Kier molecular flexibility index (Phi) is 6.47. The molecule has 0 bridgehead atoms. The minimum absolute atomic E-state index is 0.135. The minimum atomic E-state index is -0.249. The molecule has 0 heterocycles. The maximum atomic E-state index is 12.2. The van der Waals surface area contributed by atoms with Crippen LogP contribution < -0.4 is 5.32 Å². The summed E-state index contributed by atoms with van der Waals surface area (Å²) in [5.41, 5.74) is 1.63. The lowest BCUT2D eigenvalue weighted by Crippen LogP contribution is -2.30. The molecule has 24 heavy (non-hydrogen) atoms. The fourth-order valence-electron chi connectivity index (χ4n) is 2.15. The number of halogens is 3. The molecular formula is C17H14Cl3N3O. The van der Waals surface area contributed by atoms with E-state index in [0.717, 1.165) is 5.56 Å². The molecule has 0 radical (unpaired) electrons. The Balaban J connectivity index is 1.99. The summed E-state index contributed by atoms with van der Waals surface area (Å²) in [5.74, 6) is -0.249. The van der Waals surface area contributed by atoms with Gasteiger partial charge < -0.3 is 5.32 Å². The van der Waals surface area contributed by atoms with Crippen LogP contribution in [0.2, 0.25) is 15.1 Å². The predicted octanol–water partition coefficient (Wildman–Crippen LogP) is 4.59. The first-order chi connectivity index (χ1) is 11.4. The number of amides is 1. The second-order valence-corrected chi connectivity index (χ2v) is 6.54. The molecular weight excluding hydrogens is 369 g/mol. The van der Waals surface area contributed by atoms with E-state index >= 15 is 0 Å². The van der Waals surface area contributed by atoms with Crippen LogP contribution in [0.15, 0.2) is 36.4 Å². The summed E-state index contributed by atoms with van der Waals surface area (Å²) in [4.78, 5) is 14.0. The molecule has 2 aromatic carbocycles. The van der Waals surface area contributed by atoms with E-state index in [2.05, 4.69) is 5.32 Å². The number of hydrogen-bond acceptors (Lipinski definition) is 3. The molecule has 2 aromatic rings. The normalized spacial score (nSPS) is 10.5. The highest BCUT2D eigenvalue weighted by Crippen LogP contribution is 2.22. The largest absolute Gasteiger partial charge is 0.324 e. The fraction of sp³-hybridized carbons (Fsp3) is 0.176. The second-order valence-electron chi connectivity index (χ2n) is 5.26. The van der Waals surface area contributed by atoms with Crippen LogP contribution in [0.1, 0.15) is 11.1 Å². The number of carbonyl (C=O) groups excluding carboxylic acids is 1. The van der Waals surface area contributed by atoms with E-state index in [1.165, 1.54) is 0 Å². The maximum absolute atomic E-state index is 12.2. The molecule has 0 saturated heterocycles. The molecule has 0 atom stereocenters. The number of carbonyl (C=O) groups is 1. The Morgan fingerprint density at radius 1 is 1.17 bits per heavy atom. The number of benzene rings is 2. The number of likely N-dealkylation sites (N-methyl/N-ethyl adjacent to an activating group) is 1. The molecule has 0 fully saturated rings. The van der Waals surface area contributed by atoms with Gasteiger partial charge in [-0.15, -0.1) is 0 Å². The minimum Gasteiger partial charge on any atom is -0.324 e. The predicted molar refractivity (Wildman–Crippen MR) is 97.6 cm³/mol. The smallest absolute Gasteiger partial charge is 0.238 e. The van der Waals surface area contributed by atoms with Crippen molar-refractivity contribution in [1.82, 2.24) is 4.90 Å². The van der Waals surface area contributed by atoms with Gasteiger partial charge in [-0.3, -0.25) is 9.69 Å². The average molecular weight is 383 g/mol. The number of rotatable bonds is 5. The Morgan fingerprint density at radius 3 is 2.50 bits per heavy atom. The standard InChI is InChI=1S/C17H14Cl3N3O/c1-23(9-12-3-5-13(18)6-15(12)20)10-17(24)22-16-7-14(19)4-2-11(16)8-21/h2-7H,9-10H2,1H3,(H,22,24). The topological polar surface area (TPSA) is 56.1 Å². The SMILES string of the molecule is CN(CC(=O)Nc1cc(Cl)ccc1C#N)Cc1ccc(Cl)cc1Cl. The van der Waals surface area contributed by atoms with Gasteiger partial charge in [-0.1, -0.05) is 40.9 Å². The fourth-order valence-corrected chi connectivity index (χ4v) is 2.79. The van der Waals surface area contributed by atoms with Crippen LogP contribution >= 0.6 is 34.8 Å². The third-order valence-corrected chi connectivity index (χ3v) is 4.07. The van der Waals surface area contributed by atoms with Crippen LogP contribution in [0.25, 0.3) is 0 Å². The van der Waals surface area contributed by atoms with Crippen molar-refractivity contribution in [1.29, 1.82) is 5.26 Å². The van der Waals surface area contributed by atoms with E-state index in [9.17, 15) is 4.79 Å². The zero-order valence-corrected chi connectivity index (χ0v) is 15.1. The molecule has 1 N–H and O–H groups in total. The van der Waals surface area contributed by atoms with E-state index < -0.39 is 0 Å². The molecule has 0 aliphatic carbocycles. The van der Waals surface area contributed by atoms with Gasteiger partial charge in [0.15, 0.2) is 0 Å². The molecule has 0 aliphatic heterocycles. The zero-order chi connectivity index (χ0) is 17.7. The van der Waals surface area contributed by atoms with Gasteiger partial charge in [0.25, 0.3) is 0 Å². The monoisotopic (exact) mass is 381 g/mol. The van der Waals surface area contributed by atoms with Crippen molar-refractivity contribution in [3.05, 3.63) is 62.6 Å². The second kappa shape index (κ2) is 8.36. The first-order valence-corrected chi connectivity index (χ1v) is 8.14. The van der Waals surface area contributed by atoms with Gasteiger partial charge in [0.2, 0.25) is 5.91 Å². The summed E-state index contributed by atoms with van der Waals surface area (Å²) in [6.07, 6.45) is 0. The molecule has 0 aromatic heterocycles. The third-order valence-electron chi connectivity index (χ3n) is 3.25. The van der Waals surface area contributed by atoms with E-state index in [1.807, 2.05) is 12.1 Å². The van der Waals surface area contributed by atoms with Gasteiger partial charge >= 0.3 is 0 Å². The number of anilines is 1. The molecule has 124 valence electrons.